The van der Waals surface area contributed by atoms with Crippen LogP contribution in [0.5, 0.6) is 17.2 Å². The summed E-state index contributed by atoms with van der Waals surface area (Å²) in [4.78, 5) is 0. The van der Waals surface area contributed by atoms with Gasteiger partial charge in [0, 0.05) is 0 Å². The molecule has 0 aliphatic heterocycles. The third kappa shape index (κ3) is 2.99. The molecule has 0 fully saturated rings. The van der Waals surface area contributed by atoms with Crippen molar-refractivity contribution in [2.45, 2.75) is 19.8 Å². The molecule has 2 rings (SSSR count). The first-order valence-corrected chi connectivity index (χ1v) is 6.32. The fourth-order valence-corrected chi connectivity index (χ4v) is 1.84. The maximum atomic E-state index is 5.97. The van der Waals surface area contributed by atoms with E-state index in [1.165, 1.54) is 5.56 Å². The van der Waals surface area contributed by atoms with E-state index in [2.05, 4.69) is 26.0 Å². The Kier molecular flexibility index (Phi) is 3.95. The second-order valence-corrected chi connectivity index (χ2v) is 4.70. The van der Waals surface area contributed by atoms with Gasteiger partial charge in [-0.2, -0.15) is 0 Å². The maximum Gasteiger partial charge on any atom is 0.154 e. The van der Waals surface area contributed by atoms with Gasteiger partial charge in [0.25, 0.3) is 0 Å². The van der Waals surface area contributed by atoms with Crippen molar-refractivity contribution in [3.8, 4) is 17.2 Å². The molecule has 3 heteroatoms. The number of ether oxygens (including phenoxy) is 2. The molecule has 2 aromatic rings. The molecular formula is C16H19NO2. The number of para-hydroxylation sites is 1. The van der Waals surface area contributed by atoms with Crippen molar-refractivity contribution in [2.24, 2.45) is 0 Å². The van der Waals surface area contributed by atoms with Gasteiger partial charge in [0.2, 0.25) is 0 Å². The molecule has 0 aliphatic rings. The minimum atomic E-state index is 0.510. The number of hydrogen-bond acceptors (Lipinski definition) is 3. The molecule has 0 bridgehead atoms. The first kappa shape index (κ1) is 13.3. The number of methoxy groups -OCH3 is 1. The van der Waals surface area contributed by atoms with E-state index in [-0.39, 0.29) is 0 Å². The van der Waals surface area contributed by atoms with Crippen LogP contribution >= 0.6 is 0 Å². The average Bonchev–Trinajstić information content (AvgIpc) is 2.42. The minimum Gasteiger partial charge on any atom is -0.494 e. The Hall–Kier alpha value is -2.16. The summed E-state index contributed by atoms with van der Waals surface area (Å²) in [6.45, 7) is 4.33. The highest BCUT2D eigenvalue weighted by Gasteiger charge is 2.07. The fraction of sp³-hybridized carbons (Fsp3) is 0.250. The third-order valence-electron chi connectivity index (χ3n) is 3.02. The molecule has 0 spiro atoms. The van der Waals surface area contributed by atoms with E-state index >= 15 is 0 Å². The van der Waals surface area contributed by atoms with Gasteiger partial charge in [-0.05, 0) is 35.7 Å². The average molecular weight is 257 g/mol. The molecule has 0 heterocycles. The van der Waals surface area contributed by atoms with Crippen molar-refractivity contribution in [1.29, 1.82) is 0 Å². The molecule has 0 atom stereocenters. The van der Waals surface area contributed by atoms with Crippen LogP contribution in [0.4, 0.5) is 5.69 Å². The molecule has 0 saturated carbocycles. The Balaban J connectivity index is 2.21. The van der Waals surface area contributed by atoms with Gasteiger partial charge in [-0.15, -0.1) is 0 Å². The number of hydrogen-bond donors (Lipinski definition) is 1. The van der Waals surface area contributed by atoms with E-state index in [1.807, 2.05) is 30.3 Å². The van der Waals surface area contributed by atoms with Crippen LogP contribution < -0.4 is 15.2 Å². The lowest BCUT2D eigenvalue weighted by atomic mass is 10.0. The van der Waals surface area contributed by atoms with Crippen LogP contribution in [0.1, 0.15) is 25.3 Å². The van der Waals surface area contributed by atoms with Crippen molar-refractivity contribution in [1.82, 2.24) is 0 Å². The summed E-state index contributed by atoms with van der Waals surface area (Å²) < 4.78 is 11.0. The lowest BCUT2D eigenvalue weighted by molar-refractivity contribution is 0.412. The van der Waals surface area contributed by atoms with Crippen molar-refractivity contribution in [3.63, 3.8) is 0 Å². The molecular weight excluding hydrogens is 238 g/mol. The highest BCUT2D eigenvalue weighted by molar-refractivity contribution is 5.63. The molecule has 0 aromatic heterocycles. The van der Waals surface area contributed by atoms with Gasteiger partial charge in [-0.25, -0.2) is 0 Å². The lowest BCUT2D eigenvalue weighted by Crippen LogP contribution is -1.96. The molecule has 2 aromatic carbocycles. The predicted octanol–water partition coefficient (Wildman–Crippen LogP) is 4.19. The zero-order chi connectivity index (χ0) is 13.8. The van der Waals surface area contributed by atoms with Crippen molar-refractivity contribution >= 4 is 5.69 Å². The summed E-state index contributed by atoms with van der Waals surface area (Å²) in [6.07, 6.45) is 0. The first-order chi connectivity index (χ1) is 9.11. The first-order valence-electron chi connectivity index (χ1n) is 6.32. The summed E-state index contributed by atoms with van der Waals surface area (Å²) in [5.74, 6) is 2.51. The van der Waals surface area contributed by atoms with E-state index in [0.717, 1.165) is 5.75 Å². The van der Waals surface area contributed by atoms with Crippen LogP contribution in [0.2, 0.25) is 0 Å². The maximum absolute atomic E-state index is 5.97. The van der Waals surface area contributed by atoms with Crippen LogP contribution in [0, 0.1) is 0 Å². The molecule has 0 aliphatic carbocycles. The van der Waals surface area contributed by atoms with Crippen LogP contribution in [0.25, 0.3) is 0 Å². The highest BCUT2D eigenvalue weighted by Crippen LogP contribution is 2.34. The van der Waals surface area contributed by atoms with Crippen LogP contribution in [0.15, 0.2) is 42.5 Å². The largest absolute Gasteiger partial charge is 0.494 e. The molecule has 0 unspecified atom stereocenters. The monoisotopic (exact) mass is 257 g/mol. The number of nitrogen functional groups attached to an aromatic ring is 1. The minimum absolute atomic E-state index is 0.510. The van der Waals surface area contributed by atoms with Crippen molar-refractivity contribution in [2.75, 3.05) is 12.8 Å². The Morgan fingerprint density at radius 3 is 2.16 bits per heavy atom. The molecule has 0 saturated heterocycles. The number of rotatable bonds is 4. The quantitative estimate of drug-likeness (QED) is 0.835. The molecule has 0 amide bonds. The van der Waals surface area contributed by atoms with E-state index in [9.17, 15) is 0 Å². The van der Waals surface area contributed by atoms with Crippen molar-refractivity contribution < 1.29 is 9.47 Å². The zero-order valence-electron chi connectivity index (χ0n) is 11.5. The molecule has 0 radical (unpaired) electrons. The Bertz CT molecular complexity index is 547. The highest BCUT2D eigenvalue weighted by atomic mass is 16.5. The van der Waals surface area contributed by atoms with Gasteiger partial charge in [0.1, 0.15) is 17.2 Å². The molecule has 2 N–H and O–H groups in total. The normalized spacial score (nSPS) is 10.5. The van der Waals surface area contributed by atoms with Crippen LogP contribution in [-0.2, 0) is 0 Å². The lowest BCUT2D eigenvalue weighted by Gasteiger charge is -2.12. The van der Waals surface area contributed by atoms with Gasteiger partial charge >= 0.3 is 0 Å². The second-order valence-electron chi connectivity index (χ2n) is 4.70. The summed E-state index contributed by atoms with van der Waals surface area (Å²) in [6, 6.07) is 13.5. The Morgan fingerprint density at radius 1 is 0.947 bits per heavy atom. The fourth-order valence-electron chi connectivity index (χ4n) is 1.84. The predicted molar refractivity (Wildman–Crippen MR) is 78.0 cm³/mol. The van der Waals surface area contributed by atoms with E-state index < -0.39 is 0 Å². The van der Waals surface area contributed by atoms with E-state index in [1.54, 1.807) is 7.11 Å². The standard InChI is InChI=1S/C16H19NO2/c1-11(2)12-7-9-13(10-8-12)19-15-6-4-5-14(18-3)16(15)17/h4-11H,17H2,1-3H3. The number of benzene rings is 2. The summed E-state index contributed by atoms with van der Waals surface area (Å²) >= 11 is 0. The van der Waals surface area contributed by atoms with E-state index in [4.69, 9.17) is 15.2 Å². The van der Waals surface area contributed by atoms with Crippen LogP contribution in [0.3, 0.4) is 0 Å². The van der Waals surface area contributed by atoms with Gasteiger partial charge in [-0.1, -0.05) is 32.0 Å². The SMILES string of the molecule is COc1cccc(Oc2ccc(C(C)C)cc2)c1N. The second kappa shape index (κ2) is 5.65. The topological polar surface area (TPSA) is 44.5 Å². The molecule has 100 valence electrons. The number of nitrogens with two attached hydrogens (primary N) is 1. The molecule has 3 nitrogen and oxygen atoms in total. The van der Waals surface area contributed by atoms with Gasteiger partial charge in [0.15, 0.2) is 5.75 Å². The van der Waals surface area contributed by atoms with Gasteiger partial charge < -0.3 is 15.2 Å². The van der Waals surface area contributed by atoms with Crippen LogP contribution in [-0.4, -0.2) is 7.11 Å². The Morgan fingerprint density at radius 2 is 1.58 bits per heavy atom. The number of anilines is 1. The summed E-state index contributed by atoms with van der Waals surface area (Å²) in [5.41, 5.74) is 7.77. The van der Waals surface area contributed by atoms with E-state index in [0.29, 0.717) is 23.1 Å². The van der Waals surface area contributed by atoms with Gasteiger partial charge in [0.05, 0.1) is 7.11 Å². The van der Waals surface area contributed by atoms with Crippen molar-refractivity contribution in [3.05, 3.63) is 48.0 Å². The van der Waals surface area contributed by atoms with Gasteiger partial charge in [-0.3, -0.25) is 0 Å². The zero-order valence-corrected chi connectivity index (χ0v) is 11.5. The molecule has 19 heavy (non-hydrogen) atoms. The summed E-state index contributed by atoms with van der Waals surface area (Å²) in [5, 5.41) is 0. The smallest absolute Gasteiger partial charge is 0.154 e. The summed E-state index contributed by atoms with van der Waals surface area (Å²) in [7, 11) is 1.59. The Labute approximate surface area is 114 Å². The third-order valence-corrected chi connectivity index (χ3v) is 3.02.